The number of aryl methyl sites for hydroxylation is 1. The molecule has 1 aliphatic rings. The first-order valence-electron chi connectivity index (χ1n) is 9.99. The first-order chi connectivity index (χ1) is 14.9. The lowest BCUT2D eigenvalue weighted by Gasteiger charge is -2.28. The van der Waals surface area contributed by atoms with Gasteiger partial charge in [0.25, 0.3) is 10.0 Å². The van der Waals surface area contributed by atoms with Crippen molar-refractivity contribution in [2.75, 3.05) is 16.2 Å². The molecule has 158 valence electrons. The molecule has 3 aromatic rings. The summed E-state index contributed by atoms with van der Waals surface area (Å²) in [6.45, 7) is 2.13. The predicted octanol–water partition coefficient (Wildman–Crippen LogP) is 4.02. The Morgan fingerprint density at radius 3 is 2.39 bits per heavy atom. The average Bonchev–Trinajstić information content (AvgIpc) is 2.78. The number of amides is 1. The van der Waals surface area contributed by atoms with Crippen molar-refractivity contribution < 1.29 is 18.0 Å². The number of nitrogens with zero attached hydrogens (tertiary/aromatic N) is 1. The van der Waals surface area contributed by atoms with E-state index < -0.39 is 10.0 Å². The van der Waals surface area contributed by atoms with E-state index in [0.717, 1.165) is 17.7 Å². The van der Waals surface area contributed by atoms with Gasteiger partial charge in [-0.25, -0.2) is 8.42 Å². The lowest BCUT2D eigenvalue weighted by Crippen LogP contribution is -2.33. The van der Waals surface area contributed by atoms with Crippen molar-refractivity contribution in [2.24, 2.45) is 0 Å². The standard InChI is InChI=1S/C24H22N2O4S/c1-17(27)26-15-7-10-19-16-20(13-14-23(19)26)31(29,30)25-22-12-6-5-11-21(22)24(28)18-8-3-2-4-9-18/h2-6,8-9,11-14,16,25H,7,10,15H2,1H3. The number of carbonyl (C=O) groups excluding carboxylic acids is 2. The second-order valence-corrected chi connectivity index (χ2v) is 9.09. The van der Waals surface area contributed by atoms with Crippen LogP contribution in [0.15, 0.2) is 77.7 Å². The maximum atomic E-state index is 13.1. The first kappa shape index (κ1) is 20.8. The molecule has 31 heavy (non-hydrogen) atoms. The van der Waals surface area contributed by atoms with Crippen LogP contribution >= 0.6 is 0 Å². The summed E-state index contributed by atoms with van der Waals surface area (Å²) in [5.74, 6) is -0.329. The van der Waals surface area contributed by atoms with E-state index in [-0.39, 0.29) is 27.8 Å². The molecule has 0 aromatic heterocycles. The lowest BCUT2D eigenvalue weighted by atomic mass is 10.0. The summed E-state index contributed by atoms with van der Waals surface area (Å²) in [6.07, 6.45) is 1.48. The van der Waals surface area contributed by atoms with Gasteiger partial charge in [-0.1, -0.05) is 42.5 Å². The Morgan fingerprint density at radius 1 is 0.935 bits per heavy atom. The molecule has 3 aromatic carbocycles. The number of carbonyl (C=O) groups is 2. The van der Waals surface area contributed by atoms with Crippen LogP contribution in [0.1, 0.15) is 34.8 Å². The summed E-state index contributed by atoms with van der Waals surface area (Å²) in [6, 6.07) is 20.0. The van der Waals surface area contributed by atoms with Crippen LogP contribution in [-0.2, 0) is 21.2 Å². The van der Waals surface area contributed by atoms with Crippen molar-refractivity contribution >= 4 is 33.1 Å². The molecule has 0 bridgehead atoms. The molecule has 1 heterocycles. The third-order valence-electron chi connectivity index (χ3n) is 5.31. The summed E-state index contributed by atoms with van der Waals surface area (Å²) in [5.41, 5.74) is 2.54. The van der Waals surface area contributed by atoms with Gasteiger partial charge in [0, 0.05) is 30.3 Å². The number of fused-ring (bicyclic) bond motifs is 1. The fourth-order valence-electron chi connectivity index (χ4n) is 3.79. The average molecular weight is 435 g/mol. The molecule has 0 unspecified atom stereocenters. The highest BCUT2D eigenvalue weighted by atomic mass is 32.2. The van der Waals surface area contributed by atoms with Gasteiger partial charge < -0.3 is 4.90 Å². The van der Waals surface area contributed by atoms with Crippen LogP contribution in [0, 0.1) is 0 Å². The van der Waals surface area contributed by atoms with E-state index in [2.05, 4.69) is 4.72 Å². The summed E-state index contributed by atoms with van der Waals surface area (Å²) >= 11 is 0. The van der Waals surface area contributed by atoms with Crippen molar-refractivity contribution in [3.05, 3.63) is 89.5 Å². The Bertz CT molecular complexity index is 1250. The summed E-state index contributed by atoms with van der Waals surface area (Å²) < 4.78 is 28.8. The number of sulfonamides is 1. The zero-order valence-corrected chi connectivity index (χ0v) is 17.9. The van der Waals surface area contributed by atoms with E-state index in [0.29, 0.717) is 18.5 Å². The zero-order chi connectivity index (χ0) is 22.0. The Morgan fingerprint density at radius 2 is 1.65 bits per heavy atom. The largest absolute Gasteiger partial charge is 0.312 e. The van der Waals surface area contributed by atoms with Gasteiger partial charge >= 0.3 is 0 Å². The molecule has 7 heteroatoms. The normalized spacial score (nSPS) is 13.4. The maximum absolute atomic E-state index is 13.1. The minimum absolute atomic E-state index is 0.0666. The van der Waals surface area contributed by atoms with Gasteiger partial charge in [-0.15, -0.1) is 0 Å². The van der Waals surface area contributed by atoms with E-state index in [1.54, 1.807) is 65.6 Å². The zero-order valence-electron chi connectivity index (χ0n) is 17.0. The molecule has 0 atom stereocenters. The molecule has 1 aliphatic heterocycles. The second-order valence-electron chi connectivity index (χ2n) is 7.41. The van der Waals surface area contributed by atoms with Crippen LogP contribution < -0.4 is 9.62 Å². The Labute approximate surface area is 181 Å². The Kier molecular flexibility index (Phi) is 5.61. The molecule has 0 aliphatic carbocycles. The van der Waals surface area contributed by atoms with Crippen molar-refractivity contribution in [2.45, 2.75) is 24.7 Å². The highest BCUT2D eigenvalue weighted by Gasteiger charge is 2.24. The molecule has 6 nitrogen and oxygen atoms in total. The Hall–Kier alpha value is -3.45. The number of hydrogen-bond donors (Lipinski definition) is 1. The molecule has 0 saturated carbocycles. The minimum Gasteiger partial charge on any atom is -0.312 e. The van der Waals surface area contributed by atoms with Crippen LogP contribution in [0.25, 0.3) is 0 Å². The highest BCUT2D eigenvalue weighted by Crippen LogP contribution is 2.30. The van der Waals surface area contributed by atoms with E-state index in [1.807, 2.05) is 6.07 Å². The topological polar surface area (TPSA) is 83.6 Å². The number of hydrogen-bond acceptors (Lipinski definition) is 4. The predicted molar refractivity (Wildman–Crippen MR) is 120 cm³/mol. The molecule has 0 saturated heterocycles. The first-order valence-corrected chi connectivity index (χ1v) is 11.5. The van der Waals surface area contributed by atoms with Gasteiger partial charge in [-0.3, -0.25) is 14.3 Å². The molecular weight excluding hydrogens is 412 g/mol. The van der Waals surface area contributed by atoms with Crippen LogP contribution in [-0.4, -0.2) is 26.7 Å². The number of ketones is 1. The molecule has 4 rings (SSSR count). The van der Waals surface area contributed by atoms with Gasteiger partial charge in [0.15, 0.2) is 5.78 Å². The third-order valence-corrected chi connectivity index (χ3v) is 6.68. The summed E-state index contributed by atoms with van der Waals surface area (Å²) in [4.78, 5) is 26.5. The second kappa shape index (κ2) is 8.35. The van der Waals surface area contributed by atoms with E-state index >= 15 is 0 Å². The van der Waals surface area contributed by atoms with Gasteiger partial charge in [0.2, 0.25) is 5.91 Å². The van der Waals surface area contributed by atoms with Gasteiger partial charge in [-0.2, -0.15) is 0 Å². The molecule has 0 spiro atoms. The van der Waals surface area contributed by atoms with Crippen molar-refractivity contribution in [3.8, 4) is 0 Å². The number of nitrogens with one attached hydrogen (secondary N) is 1. The summed E-state index contributed by atoms with van der Waals surface area (Å²) in [7, 11) is -3.93. The SMILES string of the molecule is CC(=O)N1CCCc2cc(S(=O)(=O)Nc3ccccc3C(=O)c3ccccc3)ccc21. The van der Waals surface area contributed by atoms with Crippen molar-refractivity contribution in [1.82, 2.24) is 0 Å². The van der Waals surface area contributed by atoms with Gasteiger partial charge in [0.1, 0.15) is 0 Å². The van der Waals surface area contributed by atoms with E-state index in [4.69, 9.17) is 0 Å². The van der Waals surface area contributed by atoms with Crippen molar-refractivity contribution in [3.63, 3.8) is 0 Å². The molecule has 1 amide bonds. The quantitative estimate of drug-likeness (QED) is 0.615. The van der Waals surface area contributed by atoms with Crippen LogP contribution in [0.3, 0.4) is 0 Å². The summed E-state index contributed by atoms with van der Waals surface area (Å²) in [5, 5.41) is 0. The number of rotatable bonds is 5. The fourth-order valence-corrected chi connectivity index (χ4v) is 4.92. The maximum Gasteiger partial charge on any atom is 0.261 e. The smallest absolute Gasteiger partial charge is 0.261 e. The molecule has 0 radical (unpaired) electrons. The lowest BCUT2D eigenvalue weighted by molar-refractivity contribution is -0.116. The number of benzene rings is 3. The highest BCUT2D eigenvalue weighted by molar-refractivity contribution is 7.92. The van der Waals surface area contributed by atoms with Gasteiger partial charge in [0.05, 0.1) is 10.6 Å². The molecule has 1 N–H and O–H groups in total. The van der Waals surface area contributed by atoms with Crippen molar-refractivity contribution in [1.29, 1.82) is 0 Å². The van der Waals surface area contributed by atoms with Gasteiger partial charge in [-0.05, 0) is 48.7 Å². The third kappa shape index (κ3) is 4.22. The minimum atomic E-state index is -3.93. The monoisotopic (exact) mass is 434 g/mol. The fraction of sp³-hybridized carbons (Fsp3) is 0.167. The molecular formula is C24H22N2O4S. The van der Waals surface area contributed by atoms with E-state index in [9.17, 15) is 18.0 Å². The van der Waals surface area contributed by atoms with Crippen LogP contribution in [0.4, 0.5) is 11.4 Å². The van der Waals surface area contributed by atoms with E-state index in [1.165, 1.54) is 13.0 Å². The van der Waals surface area contributed by atoms with Crippen LogP contribution in [0.2, 0.25) is 0 Å². The van der Waals surface area contributed by atoms with Crippen LogP contribution in [0.5, 0.6) is 0 Å². The number of para-hydroxylation sites is 1. The number of anilines is 2. The Balaban J connectivity index is 1.66. The molecule has 0 fully saturated rings.